The molecule has 0 spiro atoms. The van der Waals surface area contributed by atoms with Crippen molar-refractivity contribution in [2.75, 3.05) is 38.1 Å². The number of nitrogens with zero attached hydrogens (tertiary/aromatic N) is 4. The standard InChI is InChI=1S/C16H23N5OS.HI/c1-3-13-11-14(22-19-13)12-18-16(17-2)21-8-6-20(7-9-21)15-5-4-10-23-15;/h4-5,10-11H,3,6-9,12H2,1-2H3,(H,17,18);1H. The highest BCUT2D eigenvalue weighted by atomic mass is 127. The third kappa shape index (κ3) is 4.62. The summed E-state index contributed by atoms with van der Waals surface area (Å²) in [5.74, 6) is 1.77. The van der Waals surface area contributed by atoms with Gasteiger partial charge in [0.05, 0.1) is 17.2 Å². The fraction of sp³-hybridized carbons (Fsp3) is 0.500. The summed E-state index contributed by atoms with van der Waals surface area (Å²) in [6, 6.07) is 6.28. The van der Waals surface area contributed by atoms with Crippen LogP contribution in [0.1, 0.15) is 18.4 Å². The van der Waals surface area contributed by atoms with E-state index in [1.54, 1.807) is 11.3 Å². The Labute approximate surface area is 163 Å². The lowest BCUT2D eigenvalue weighted by Crippen LogP contribution is -2.52. The van der Waals surface area contributed by atoms with Gasteiger partial charge in [0.1, 0.15) is 0 Å². The van der Waals surface area contributed by atoms with Crippen LogP contribution in [-0.2, 0) is 13.0 Å². The lowest BCUT2D eigenvalue weighted by Gasteiger charge is -2.36. The lowest BCUT2D eigenvalue weighted by molar-refractivity contribution is 0.356. The minimum absolute atomic E-state index is 0. The molecule has 1 aliphatic heterocycles. The van der Waals surface area contributed by atoms with Crippen molar-refractivity contribution in [2.45, 2.75) is 19.9 Å². The number of piperazine rings is 1. The Hall–Kier alpha value is -1.29. The second-order valence-electron chi connectivity index (χ2n) is 5.46. The van der Waals surface area contributed by atoms with Gasteiger partial charge in [-0.2, -0.15) is 0 Å². The Kier molecular flexibility index (Phi) is 7.35. The van der Waals surface area contributed by atoms with Gasteiger partial charge in [0.15, 0.2) is 11.7 Å². The highest BCUT2D eigenvalue weighted by Crippen LogP contribution is 2.22. The molecule has 132 valence electrons. The molecule has 2 aromatic rings. The van der Waals surface area contributed by atoms with Gasteiger partial charge in [0.2, 0.25) is 0 Å². The summed E-state index contributed by atoms with van der Waals surface area (Å²) < 4.78 is 5.31. The number of rotatable bonds is 4. The lowest BCUT2D eigenvalue weighted by atomic mass is 10.3. The van der Waals surface area contributed by atoms with Crippen LogP contribution in [0.25, 0.3) is 0 Å². The number of hydrogen-bond acceptors (Lipinski definition) is 5. The zero-order chi connectivity index (χ0) is 16.1. The first-order chi connectivity index (χ1) is 11.3. The monoisotopic (exact) mass is 461 g/mol. The summed E-state index contributed by atoms with van der Waals surface area (Å²) in [5, 5.41) is 10.9. The molecule has 8 heteroatoms. The van der Waals surface area contributed by atoms with Crippen molar-refractivity contribution in [1.82, 2.24) is 15.4 Å². The molecule has 0 radical (unpaired) electrons. The summed E-state index contributed by atoms with van der Waals surface area (Å²) in [5.41, 5.74) is 0.987. The van der Waals surface area contributed by atoms with Crippen LogP contribution in [0, 0.1) is 0 Å². The minimum atomic E-state index is 0. The largest absolute Gasteiger partial charge is 0.360 e. The molecule has 24 heavy (non-hydrogen) atoms. The summed E-state index contributed by atoms with van der Waals surface area (Å²) in [7, 11) is 1.83. The molecule has 0 aliphatic carbocycles. The van der Waals surface area contributed by atoms with E-state index in [2.05, 4.69) is 49.7 Å². The van der Waals surface area contributed by atoms with Gasteiger partial charge >= 0.3 is 0 Å². The molecular formula is C16H24IN5OS. The molecule has 3 rings (SSSR count). The Morgan fingerprint density at radius 1 is 1.38 bits per heavy atom. The van der Waals surface area contributed by atoms with E-state index < -0.39 is 0 Å². The van der Waals surface area contributed by atoms with Crippen molar-refractivity contribution < 1.29 is 4.52 Å². The van der Waals surface area contributed by atoms with E-state index in [4.69, 9.17) is 4.52 Å². The zero-order valence-corrected chi connectivity index (χ0v) is 17.2. The summed E-state index contributed by atoms with van der Waals surface area (Å²) in [6.45, 7) is 6.65. The van der Waals surface area contributed by atoms with Crippen LogP contribution in [0.3, 0.4) is 0 Å². The smallest absolute Gasteiger partial charge is 0.194 e. The van der Waals surface area contributed by atoms with E-state index in [0.717, 1.165) is 50.0 Å². The Balaban J connectivity index is 0.00000208. The van der Waals surface area contributed by atoms with Crippen LogP contribution >= 0.6 is 35.3 Å². The molecule has 1 N–H and O–H groups in total. The molecule has 3 heterocycles. The van der Waals surface area contributed by atoms with Gasteiger partial charge < -0.3 is 19.6 Å². The molecular weight excluding hydrogens is 437 g/mol. The maximum Gasteiger partial charge on any atom is 0.194 e. The van der Waals surface area contributed by atoms with Crippen molar-refractivity contribution in [3.05, 3.63) is 35.0 Å². The molecule has 1 aliphatic rings. The van der Waals surface area contributed by atoms with Gasteiger partial charge in [0.25, 0.3) is 0 Å². The second kappa shape index (κ2) is 9.26. The Morgan fingerprint density at radius 2 is 2.17 bits per heavy atom. The summed E-state index contributed by atoms with van der Waals surface area (Å²) >= 11 is 1.80. The number of guanidine groups is 1. The van der Waals surface area contributed by atoms with E-state index in [1.807, 2.05) is 13.1 Å². The predicted molar refractivity (Wildman–Crippen MR) is 110 cm³/mol. The number of hydrogen-bond donors (Lipinski definition) is 1. The number of aromatic nitrogens is 1. The third-order valence-corrected chi connectivity index (χ3v) is 4.93. The maximum atomic E-state index is 5.31. The van der Waals surface area contributed by atoms with Gasteiger partial charge in [-0.3, -0.25) is 4.99 Å². The molecule has 2 aromatic heterocycles. The predicted octanol–water partition coefficient (Wildman–Crippen LogP) is 2.81. The van der Waals surface area contributed by atoms with E-state index in [1.165, 1.54) is 5.00 Å². The first-order valence-corrected chi connectivity index (χ1v) is 8.86. The normalized spacial score (nSPS) is 15.3. The van der Waals surface area contributed by atoms with E-state index in [-0.39, 0.29) is 24.0 Å². The molecule has 6 nitrogen and oxygen atoms in total. The van der Waals surface area contributed by atoms with Gasteiger partial charge in [-0.1, -0.05) is 12.1 Å². The molecule has 0 aromatic carbocycles. The van der Waals surface area contributed by atoms with Gasteiger partial charge in [0, 0.05) is 39.3 Å². The SMILES string of the molecule is CCc1cc(CNC(=NC)N2CCN(c3cccs3)CC2)on1.I. The van der Waals surface area contributed by atoms with E-state index in [9.17, 15) is 0 Å². The number of halogens is 1. The summed E-state index contributed by atoms with van der Waals surface area (Å²) in [4.78, 5) is 9.12. The number of aliphatic imine (C=N–C) groups is 1. The molecule has 0 bridgehead atoms. The first-order valence-electron chi connectivity index (χ1n) is 7.98. The maximum absolute atomic E-state index is 5.31. The molecule has 0 saturated carbocycles. The van der Waals surface area contributed by atoms with Crippen molar-refractivity contribution in [3.63, 3.8) is 0 Å². The first kappa shape index (κ1) is 19.0. The fourth-order valence-corrected chi connectivity index (χ4v) is 3.48. The van der Waals surface area contributed by atoms with Gasteiger partial charge in [-0.15, -0.1) is 35.3 Å². The molecule has 1 fully saturated rings. The Morgan fingerprint density at radius 3 is 2.75 bits per heavy atom. The van der Waals surface area contributed by atoms with Crippen molar-refractivity contribution in [3.8, 4) is 0 Å². The van der Waals surface area contributed by atoms with Crippen LogP contribution < -0.4 is 10.2 Å². The van der Waals surface area contributed by atoms with Crippen LogP contribution in [0.2, 0.25) is 0 Å². The van der Waals surface area contributed by atoms with E-state index >= 15 is 0 Å². The van der Waals surface area contributed by atoms with E-state index in [0.29, 0.717) is 6.54 Å². The number of aryl methyl sites for hydroxylation is 1. The van der Waals surface area contributed by atoms with Crippen molar-refractivity contribution >= 4 is 46.3 Å². The van der Waals surface area contributed by atoms with Crippen LogP contribution in [0.5, 0.6) is 0 Å². The number of nitrogens with one attached hydrogen (secondary N) is 1. The number of thiophene rings is 1. The quantitative estimate of drug-likeness (QED) is 0.431. The molecule has 0 unspecified atom stereocenters. The second-order valence-corrected chi connectivity index (χ2v) is 6.39. The highest BCUT2D eigenvalue weighted by Gasteiger charge is 2.20. The third-order valence-electron chi connectivity index (χ3n) is 4.00. The fourth-order valence-electron chi connectivity index (χ4n) is 2.69. The van der Waals surface area contributed by atoms with Crippen molar-refractivity contribution in [1.29, 1.82) is 0 Å². The molecule has 0 amide bonds. The molecule has 1 saturated heterocycles. The minimum Gasteiger partial charge on any atom is -0.360 e. The Bertz CT molecular complexity index is 635. The van der Waals surface area contributed by atoms with Crippen LogP contribution in [0.4, 0.5) is 5.00 Å². The summed E-state index contributed by atoms with van der Waals surface area (Å²) in [6.07, 6.45) is 0.892. The van der Waals surface area contributed by atoms with Gasteiger partial charge in [-0.25, -0.2) is 0 Å². The highest BCUT2D eigenvalue weighted by molar-refractivity contribution is 14.0. The zero-order valence-electron chi connectivity index (χ0n) is 14.1. The van der Waals surface area contributed by atoms with Crippen LogP contribution in [0.15, 0.2) is 33.1 Å². The molecule has 0 atom stereocenters. The van der Waals surface area contributed by atoms with Crippen molar-refractivity contribution in [2.24, 2.45) is 4.99 Å². The van der Waals surface area contributed by atoms with Crippen LogP contribution in [-0.4, -0.2) is 49.2 Å². The van der Waals surface area contributed by atoms with Gasteiger partial charge in [-0.05, 0) is 23.9 Å². The number of anilines is 1. The topological polar surface area (TPSA) is 56.9 Å². The average Bonchev–Trinajstić information content (AvgIpc) is 3.28. The average molecular weight is 461 g/mol.